The van der Waals surface area contributed by atoms with Crippen molar-refractivity contribution >= 4 is 27.9 Å². The van der Waals surface area contributed by atoms with Crippen molar-refractivity contribution in [1.82, 2.24) is 19.9 Å². The third-order valence-corrected chi connectivity index (χ3v) is 7.95. The predicted molar refractivity (Wildman–Crippen MR) is 173 cm³/mol. The Morgan fingerprint density at radius 2 is 1.84 bits per heavy atom. The minimum Gasteiger partial charge on any atom is -0.481 e. The van der Waals surface area contributed by atoms with E-state index < -0.39 is 11.6 Å². The third kappa shape index (κ3) is 6.40. The largest absolute Gasteiger partial charge is 0.481 e. The van der Waals surface area contributed by atoms with Crippen LogP contribution in [-0.4, -0.2) is 39.8 Å². The first-order chi connectivity index (χ1) is 21.7. The molecule has 0 amide bonds. The molecule has 0 saturated heterocycles. The van der Waals surface area contributed by atoms with E-state index in [1.807, 2.05) is 38.1 Å². The van der Waals surface area contributed by atoms with Crippen molar-refractivity contribution < 1.29 is 18.3 Å². The highest BCUT2D eigenvalue weighted by atomic mass is 19.1. The monoisotopic (exact) mass is 607 g/mol. The van der Waals surface area contributed by atoms with Crippen molar-refractivity contribution in [2.75, 3.05) is 19.0 Å². The lowest BCUT2D eigenvalue weighted by molar-refractivity contribution is 0.0684. The molecule has 1 atom stereocenters. The van der Waals surface area contributed by atoms with E-state index in [1.165, 1.54) is 6.07 Å². The zero-order valence-electron chi connectivity index (χ0n) is 26.0. The normalized spacial score (nSPS) is 14.9. The second-order valence-corrected chi connectivity index (χ2v) is 11.8. The van der Waals surface area contributed by atoms with Crippen LogP contribution in [0.25, 0.3) is 39.0 Å². The van der Waals surface area contributed by atoms with Crippen molar-refractivity contribution in [1.29, 1.82) is 0 Å². The topological polar surface area (TPSA) is 82.0 Å². The Balaban J connectivity index is 1.55. The van der Waals surface area contributed by atoms with Gasteiger partial charge < -0.3 is 14.8 Å². The van der Waals surface area contributed by atoms with E-state index in [1.54, 1.807) is 31.8 Å². The average Bonchev–Trinajstić information content (AvgIpc) is 3.02. The van der Waals surface area contributed by atoms with Gasteiger partial charge in [0.15, 0.2) is 0 Å². The van der Waals surface area contributed by atoms with Gasteiger partial charge in [-0.3, -0.25) is 9.97 Å². The highest BCUT2D eigenvalue weighted by molar-refractivity contribution is 5.99. The average molecular weight is 608 g/mol. The number of aryl methyl sites for hydroxylation is 1. The van der Waals surface area contributed by atoms with Crippen LogP contribution in [0.15, 0.2) is 67.1 Å². The van der Waals surface area contributed by atoms with Crippen molar-refractivity contribution in [2.24, 2.45) is 5.92 Å². The number of halogens is 2. The molecule has 5 heterocycles. The molecule has 4 aromatic heterocycles. The van der Waals surface area contributed by atoms with Gasteiger partial charge in [0.05, 0.1) is 59.2 Å². The fourth-order valence-electron chi connectivity index (χ4n) is 5.73. The van der Waals surface area contributed by atoms with E-state index in [2.05, 4.69) is 35.2 Å². The molecule has 1 unspecified atom stereocenters. The number of anilines is 2. The highest BCUT2D eigenvalue weighted by Gasteiger charge is 2.22. The molecular weight excluding hydrogens is 572 g/mol. The number of benzene rings is 1. The van der Waals surface area contributed by atoms with Crippen LogP contribution in [0.4, 0.5) is 20.2 Å². The number of hydrogen-bond donors (Lipinski definition) is 1. The molecule has 0 saturated carbocycles. The summed E-state index contributed by atoms with van der Waals surface area (Å²) in [6, 6.07) is 11.6. The summed E-state index contributed by atoms with van der Waals surface area (Å²) in [5, 5.41) is 3.72. The maximum absolute atomic E-state index is 15.6. The second kappa shape index (κ2) is 12.7. The van der Waals surface area contributed by atoms with E-state index >= 15 is 4.39 Å². The molecule has 5 aromatic rings. The molecule has 1 aromatic carbocycles. The lowest BCUT2D eigenvalue weighted by atomic mass is 9.97. The Kier molecular flexibility index (Phi) is 8.54. The minimum atomic E-state index is -0.711. The molecule has 7 nitrogen and oxygen atoms in total. The van der Waals surface area contributed by atoms with E-state index in [4.69, 9.17) is 19.4 Å². The SMILES string of the molecule is COc1ccc(-c2cnc(C3=CC(CC(C)C)OCC3)cc2Nc2c(C)c(-c3cc(C)ccn3)nc3cc(F)cc(F)c23)cn1. The number of rotatable bonds is 8. The molecule has 0 fully saturated rings. The zero-order valence-corrected chi connectivity index (χ0v) is 26.0. The summed E-state index contributed by atoms with van der Waals surface area (Å²) in [6.45, 7) is 8.79. The van der Waals surface area contributed by atoms with E-state index in [0.717, 1.165) is 46.9 Å². The van der Waals surface area contributed by atoms with Gasteiger partial charge in [-0.05, 0) is 68.0 Å². The molecule has 1 aliphatic rings. The summed E-state index contributed by atoms with van der Waals surface area (Å²) in [4.78, 5) is 18.5. The van der Waals surface area contributed by atoms with E-state index in [-0.39, 0.29) is 17.0 Å². The van der Waals surface area contributed by atoms with Gasteiger partial charge in [-0.2, -0.15) is 0 Å². The Morgan fingerprint density at radius 3 is 2.58 bits per heavy atom. The van der Waals surface area contributed by atoms with Crippen LogP contribution in [-0.2, 0) is 4.74 Å². The van der Waals surface area contributed by atoms with Crippen molar-refractivity contribution in [3.8, 4) is 28.4 Å². The number of nitrogens with one attached hydrogen (secondary N) is 1. The zero-order chi connectivity index (χ0) is 31.7. The van der Waals surface area contributed by atoms with Gasteiger partial charge in [0, 0.05) is 53.5 Å². The molecular formula is C36H35F2N5O2. The summed E-state index contributed by atoms with van der Waals surface area (Å²) < 4.78 is 41.4. The van der Waals surface area contributed by atoms with Gasteiger partial charge in [0.1, 0.15) is 11.6 Å². The van der Waals surface area contributed by atoms with Gasteiger partial charge in [0.2, 0.25) is 5.88 Å². The van der Waals surface area contributed by atoms with Crippen LogP contribution in [0.5, 0.6) is 5.88 Å². The Labute approximate surface area is 261 Å². The summed E-state index contributed by atoms with van der Waals surface area (Å²) in [5.74, 6) is -0.446. The van der Waals surface area contributed by atoms with Gasteiger partial charge in [-0.15, -0.1) is 0 Å². The van der Waals surface area contributed by atoms with Crippen LogP contribution in [0.2, 0.25) is 0 Å². The maximum atomic E-state index is 15.6. The number of fused-ring (bicyclic) bond motifs is 1. The van der Waals surface area contributed by atoms with Crippen LogP contribution in [0.3, 0.4) is 0 Å². The minimum absolute atomic E-state index is 0.0113. The van der Waals surface area contributed by atoms with Crippen molar-refractivity contribution in [3.63, 3.8) is 0 Å². The molecule has 9 heteroatoms. The van der Waals surface area contributed by atoms with E-state index in [0.29, 0.717) is 46.7 Å². The first-order valence-electron chi connectivity index (χ1n) is 15.0. The molecule has 45 heavy (non-hydrogen) atoms. The molecule has 0 aliphatic carbocycles. The predicted octanol–water partition coefficient (Wildman–Crippen LogP) is 8.62. The number of aromatic nitrogens is 4. The van der Waals surface area contributed by atoms with Crippen LogP contribution >= 0.6 is 0 Å². The summed E-state index contributed by atoms with van der Waals surface area (Å²) in [5.41, 5.74) is 7.57. The molecule has 0 radical (unpaired) electrons. The Hall–Kier alpha value is -4.76. The summed E-state index contributed by atoms with van der Waals surface area (Å²) in [7, 11) is 1.56. The van der Waals surface area contributed by atoms with Crippen LogP contribution in [0, 0.1) is 31.4 Å². The fourth-order valence-corrected chi connectivity index (χ4v) is 5.73. The number of ether oxygens (including phenoxy) is 2. The van der Waals surface area contributed by atoms with Crippen LogP contribution < -0.4 is 10.1 Å². The number of nitrogens with zero attached hydrogens (tertiary/aromatic N) is 4. The first kappa shape index (κ1) is 30.3. The van der Waals surface area contributed by atoms with E-state index in [9.17, 15) is 4.39 Å². The number of methoxy groups -OCH3 is 1. The standard InChI is InChI=1S/C36H35F2N5O2/c1-20(2)12-26-14-23(9-11-45-26)29-17-30(27(19-40-29)24-6-7-33(44-5)41-18-24)42-36-22(4)35(32-13-21(3)8-10-39-32)43-31-16-25(37)15-28(38)34(31)36/h6-8,10,13-20,26H,9,11-12H2,1-5H3,(H,40,42,43). The Morgan fingerprint density at radius 1 is 1.00 bits per heavy atom. The quantitative estimate of drug-likeness (QED) is 0.189. The molecule has 1 N–H and O–H groups in total. The van der Waals surface area contributed by atoms with Crippen LogP contribution in [0.1, 0.15) is 43.5 Å². The fraction of sp³-hybridized carbons (Fsp3) is 0.278. The second-order valence-electron chi connectivity index (χ2n) is 11.8. The molecule has 0 spiro atoms. The maximum Gasteiger partial charge on any atom is 0.212 e. The molecule has 6 rings (SSSR count). The van der Waals surface area contributed by atoms with Crippen molar-refractivity contribution in [3.05, 3.63) is 95.6 Å². The smallest absolute Gasteiger partial charge is 0.212 e. The highest BCUT2D eigenvalue weighted by Crippen LogP contribution is 2.40. The molecule has 230 valence electrons. The Bertz CT molecular complexity index is 1910. The van der Waals surface area contributed by atoms with Gasteiger partial charge in [0.25, 0.3) is 0 Å². The van der Waals surface area contributed by atoms with Gasteiger partial charge in [-0.1, -0.05) is 19.9 Å². The lowest BCUT2D eigenvalue weighted by Crippen LogP contribution is -2.19. The van der Waals surface area contributed by atoms with Crippen molar-refractivity contribution in [2.45, 2.75) is 46.6 Å². The third-order valence-electron chi connectivity index (χ3n) is 7.95. The molecule has 1 aliphatic heterocycles. The summed E-state index contributed by atoms with van der Waals surface area (Å²) in [6.07, 6.45) is 9.01. The number of pyridine rings is 4. The van der Waals surface area contributed by atoms with Gasteiger partial charge >= 0.3 is 0 Å². The lowest BCUT2D eigenvalue weighted by Gasteiger charge is -2.24. The van der Waals surface area contributed by atoms with Gasteiger partial charge in [-0.25, -0.2) is 18.7 Å². The first-order valence-corrected chi connectivity index (χ1v) is 15.0. The number of hydrogen-bond acceptors (Lipinski definition) is 7. The summed E-state index contributed by atoms with van der Waals surface area (Å²) >= 11 is 0. The molecule has 0 bridgehead atoms.